The molecule has 3 aromatic rings. The Hall–Kier alpha value is -3.49. The Balaban J connectivity index is 0.00000216. The fraction of sp³-hybridized carbons (Fsp3) is 0.344. The molecular formula is C32H37BrN2O5. The SMILES string of the molecule is CBr.CCC1CCN(CC(=O)c2ccc(OC(C)=O)cc2)C[C@@H]1OC(=O)[C@H](Nc1ccccc1)c1ccccc1. The molecule has 0 bridgehead atoms. The molecule has 1 fully saturated rings. The molecule has 0 spiro atoms. The van der Waals surface area contributed by atoms with Crippen molar-refractivity contribution in [1.82, 2.24) is 4.90 Å². The van der Waals surface area contributed by atoms with Gasteiger partial charge in [-0.25, -0.2) is 4.79 Å². The smallest absolute Gasteiger partial charge is 0.333 e. The van der Waals surface area contributed by atoms with Gasteiger partial charge < -0.3 is 14.8 Å². The predicted molar refractivity (Wildman–Crippen MR) is 161 cm³/mol. The van der Waals surface area contributed by atoms with Crippen LogP contribution < -0.4 is 10.1 Å². The number of para-hydroxylation sites is 1. The second-order valence-corrected chi connectivity index (χ2v) is 9.56. The number of esters is 2. The van der Waals surface area contributed by atoms with Crippen LogP contribution in [-0.2, 0) is 14.3 Å². The minimum absolute atomic E-state index is 0.0349. The lowest BCUT2D eigenvalue weighted by Crippen LogP contribution is -2.48. The Morgan fingerprint density at radius 3 is 2.17 bits per heavy atom. The summed E-state index contributed by atoms with van der Waals surface area (Å²) in [5, 5.41) is 3.33. The van der Waals surface area contributed by atoms with Crippen molar-refractivity contribution in [2.24, 2.45) is 5.92 Å². The van der Waals surface area contributed by atoms with Crippen LogP contribution >= 0.6 is 15.9 Å². The number of likely N-dealkylation sites (tertiary alicyclic amines) is 1. The Kier molecular flexibility index (Phi) is 12.4. The van der Waals surface area contributed by atoms with Crippen molar-refractivity contribution in [3.8, 4) is 5.75 Å². The predicted octanol–water partition coefficient (Wildman–Crippen LogP) is 6.30. The van der Waals surface area contributed by atoms with E-state index >= 15 is 0 Å². The van der Waals surface area contributed by atoms with Crippen LogP contribution in [-0.4, -0.2) is 54.2 Å². The van der Waals surface area contributed by atoms with E-state index in [1.54, 1.807) is 24.3 Å². The maximum Gasteiger partial charge on any atom is 0.333 e. The quantitative estimate of drug-likeness (QED) is 0.125. The van der Waals surface area contributed by atoms with Crippen LogP contribution in [0.1, 0.15) is 48.7 Å². The third kappa shape index (κ3) is 9.03. The summed E-state index contributed by atoms with van der Waals surface area (Å²) in [6, 6.07) is 25.1. The van der Waals surface area contributed by atoms with Crippen molar-refractivity contribution in [2.45, 2.75) is 38.8 Å². The first-order valence-corrected chi connectivity index (χ1v) is 15.0. The fourth-order valence-electron chi connectivity index (χ4n) is 4.78. The molecule has 1 saturated heterocycles. The minimum Gasteiger partial charge on any atom is -0.459 e. The highest BCUT2D eigenvalue weighted by Crippen LogP contribution is 2.27. The number of anilines is 1. The van der Waals surface area contributed by atoms with Crippen LogP contribution in [0.15, 0.2) is 84.9 Å². The van der Waals surface area contributed by atoms with Gasteiger partial charge >= 0.3 is 11.9 Å². The number of hydrogen-bond acceptors (Lipinski definition) is 7. The molecule has 1 N–H and O–H groups in total. The van der Waals surface area contributed by atoms with Crippen LogP contribution in [0.5, 0.6) is 5.75 Å². The third-order valence-corrected chi connectivity index (χ3v) is 6.83. The van der Waals surface area contributed by atoms with Gasteiger partial charge in [-0.15, -0.1) is 0 Å². The molecule has 0 aliphatic carbocycles. The first-order valence-electron chi connectivity index (χ1n) is 13.4. The summed E-state index contributed by atoms with van der Waals surface area (Å²) in [5.41, 5.74) is 2.21. The van der Waals surface area contributed by atoms with Gasteiger partial charge in [0.1, 0.15) is 11.9 Å². The number of carbonyl (C=O) groups excluding carboxylic acids is 3. The van der Waals surface area contributed by atoms with Crippen LogP contribution in [0.2, 0.25) is 0 Å². The normalized spacial score (nSPS) is 17.5. The number of ether oxygens (including phenoxy) is 2. The van der Waals surface area contributed by atoms with E-state index in [4.69, 9.17) is 9.47 Å². The lowest BCUT2D eigenvalue weighted by molar-refractivity contribution is -0.156. The highest BCUT2D eigenvalue weighted by molar-refractivity contribution is 9.08. The van der Waals surface area contributed by atoms with E-state index in [0.717, 1.165) is 30.6 Å². The molecule has 1 aliphatic rings. The Morgan fingerprint density at radius 1 is 0.950 bits per heavy atom. The van der Waals surface area contributed by atoms with Crippen molar-refractivity contribution < 1.29 is 23.9 Å². The molecule has 0 aromatic heterocycles. The molecule has 3 atom stereocenters. The van der Waals surface area contributed by atoms with Gasteiger partial charge in [0.2, 0.25) is 0 Å². The zero-order chi connectivity index (χ0) is 28.9. The van der Waals surface area contributed by atoms with Crippen molar-refractivity contribution in [2.75, 3.05) is 30.8 Å². The number of hydrogen-bond donors (Lipinski definition) is 1. The first-order chi connectivity index (χ1) is 19.4. The largest absolute Gasteiger partial charge is 0.459 e. The van der Waals surface area contributed by atoms with Crippen LogP contribution in [0.25, 0.3) is 0 Å². The summed E-state index contributed by atoms with van der Waals surface area (Å²) in [4.78, 5) is 39.7. The summed E-state index contributed by atoms with van der Waals surface area (Å²) in [7, 11) is 0. The molecule has 7 nitrogen and oxygen atoms in total. The zero-order valence-electron chi connectivity index (χ0n) is 23.2. The van der Waals surface area contributed by atoms with E-state index in [0.29, 0.717) is 17.9 Å². The number of halogens is 1. The van der Waals surface area contributed by atoms with E-state index in [2.05, 4.69) is 33.1 Å². The van der Waals surface area contributed by atoms with Crippen LogP contribution in [0.3, 0.4) is 0 Å². The standard InChI is InChI=1S/C31H34N2O5.CH3Br/c1-3-23-18-19-33(20-28(35)24-14-16-27(17-15-24)37-22(2)34)21-29(23)38-31(36)30(25-10-6-4-7-11-25)32-26-12-8-5-9-13-26;1-2/h4-17,23,29-30,32H,3,18-21H2,1-2H3;1H3/t23?,29-,30+;/m0./s1. The Bertz CT molecular complexity index is 1220. The van der Waals surface area contributed by atoms with Crippen molar-refractivity contribution >= 4 is 39.3 Å². The zero-order valence-corrected chi connectivity index (χ0v) is 24.8. The molecule has 4 rings (SSSR count). The van der Waals surface area contributed by atoms with Crippen molar-refractivity contribution in [3.63, 3.8) is 0 Å². The lowest BCUT2D eigenvalue weighted by Gasteiger charge is -2.38. The molecule has 0 amide bonds. The first kappa shape index (κ1) is 31.0. The Labute approximate surface area is 245 Å². The number of nitrogens with one attached hydrogen (secondary N) is 1. The van der Waals surface area contributed by atoms with Gasteiger partial charge in [-0.2, -0.15) is 0 Å². The van der Waals surface area contributed by atoms with Gasteiger partial charge in [-0.05, 0) is 73.1 Å². The molecule has 0 radical (unpaired) electrons. The maximum atomic E-state index is 13.5. The lowest BCUT2D eigenvalue weighted by atomic mass is 9.91. The summed E-state index contributed by atoms with van der Waals surface area (Å²) in [5.74, 6) is 1.66. The second kappa shape index (κ2) is 15.9. The molecular weight excluding hydrogens is 572 g/mol. The molecule has 1 heterocycles. The van der Waals surface area contributed by atoms with E-state index in [1.165, 1.54) is 6.92 Å². The number of piperidine rings is 1. The maximum absolute atomic E-state index is 13.5. The van der Waals surface area contributed by atoms with Crippen LogP contribution in [0.4, 0.5) is 5.69 Å². The average molecular weight is 610 g/mol. The molecule has 0 saturated carbocycles. The molecule has 212 valence electrons. The second-order valence-electron chi connectivity index (χ2n) is 9.56. The van der Waals surface area contributed by atoms with Gasteiger partial charge in [0.15, 0.2) is 11.8 Å². The number of nitrogens with zero attached hydrogens (tertiary/aromatic N) is 1. The van der Waals surface area contributed by atoms with E-state index in [1.807, 2.05) is 66.5 Å². The fourth-order valence-corrected chi connectivity index (χ4v) is 4.78. The van der Waals surface area contributed by atoms with E-state index in [9.17, 15) is 14.4 Å². The minimum atomic E-state index is -0.649. The Morgan fingerprint density at radius 2 is 1.57 bits per heavy atom. The van der Waals surface area contributed by atoms with Gasteiger partial charge in [-0.3, -0.25) is 14.5 Å². The molecule has 3 aromatic carbocycles. The number of Topliss-reactive ketones (excluding diaryl/α,β-unsaturated/α-hetero) is 1. The topological polar surface area (TPSA) is 84.9 Å². The van der Waals surface area contributed by atoms with Crippen LogP contribution in [0, 0.1) is 5.92 Å². The van der Waals surface area contributed by atoms with Crippen molar-refractivity contribution in [1.29, 1.82) is 0 Å². The number of ketones is 1. The van der Waals surface area contributed by atoms with Crippen molar-refractivity contribution in [3.05, 3.63) is 96.1 Å². The summed E-state index contributed by atoms with van der Waals surface area (Å²) >= 11 is 2.94. The number of carbonyl (C=O) groups is 3. The average Bonchev–Trinajstić information content (AvgIpc) is 2.98. The van der Waals surface area contributed by atoms with Gasteiger partial charge in [-0.1, -0.05) is 71.4 Å². The highest BCUT2D eigenvalue weighted by Gasteiger charge is 2.34. The molecule has 40 heavy (non-hydrogen) atoms. The van der Waals surface area contributed by atoms with Gasteiger partial charge in [0, 0.05) is 24.7 Å². The van der Waals surface area contributed by atoms with E-state index in [-0.39, 0.29) is 30.3 Å². The monoisotopic (exact) mass is 608 g/mol. The number of benzene rings is 3. The van der Waals surface area contributed by atoms with Gasteiger partial charge in [0.05, 0.1) is 6.54 Å². The van der Waals surface area contributed by atoms with Gasteiger partial charge in [0.25, 0.3) is 0 Å². The molecule has 1 aliphatic heterocycles. The third-order valence-electron chi connectivity index (χ3n) is 6.83. The summed E-state index contributed by atoms with van der Waals surface area (Å²) in [6.45, 7) is 4.92. The number of rotatable bonds is 10. The molecule has 1 unspecified atom stereocenters. The highest BCUT2D eigenvalue weighted by atomic mass is 79.9. The summed E-state index contributed by atoms with van der Waals surface area (Å²) in [6.07, 6.45) is 1.42. The van der Waals surface area contributed by atoms with E-state index < -0.39 is 12.0 Å². The summed E-state index contributed by atoms with van der Waals surface area (Å²) < 4.78 is 11.2. The molecule has 8 heteroatoms. The number of alkyl halides is 1.